The van der Waals surface area contributed by atoms with Crippen molar-refractivity contribution in [2.45, 2.75) is 12.7 Å². The Morgan fingerprint density at radius 1 is 1.03 bits per heavy atom. The van der Waals surface area contributed by atoms with Gasteiger partial charge in [-0.2, -0.15) is 13.2 Å². The van der Waals surface area contributed by atoms with Gasteiger partial charge in [-0.05, 0) is 35.9 Å². The van der Waals surface area contributed by atoms with Crippen molar-refractivity contribution in [2.24, 2.45) is 5.73 Å². The zero-order valence-electron chi connectivity index (χ0n) is 14.6. The molecule has 3 rings (SSSR count). The Morgan fingerprint density at radius 2 is 1.69 bits per heavy atom. The molecule has 0 spiro atoms. The van der Waals surface area contributed by atoms with E-state index in [1.165, 1.54) is 12.1 Å². The molecule has 0 saturated heterocycles. The summed E-state index contributed by atoms with van der Waals surface area (Å²) in [6.45, 7) is -0.168. The maximum absolute atomic E-state index is 13.1. The first-order valence-corrected chi connectivity index (χ1v) is 8.16. The minimum Gasteiger partial charge on any atom is -0.365 e. The van der Waals surface area contributed by atoms with Gasteiger partial charge in [0.25, 0.3) is 11.5 Å². The first-order valence-electron chi connectivity index (χ1n) is 8.16. The molecule has 0 fully saturated rings. The van der Waals surface area contributed by atoms with E-state index in [1.807, 2.05) is 0 Å². The van der Waals surface area contributed by atoms with Crippen LogP contribution in [0.5, 0.6) is 0 Å². The maximum atomic E-state index is 13.1. The number of nitrogens with two attached hydrogens (primary N) is 1. The average Bonchev–Trinajstić information content (AvgIpc) is 2.65. The molecule has 1 heterocycles. The van der Waals surface area contributed by atoms with Crippen LogP contribution in [-0.4, -0.2) is 15.0 Å². The van der Waals surface area contributed by atoms with Crippen LogP contribution in [0.15, 0.2) is 64.3 Å². The number of primary amides is 1. The third-order valence-corrected chi connectivity index (χ3v) is 4.12. The molecule has 0 unspecified atom stereocenters. The number of carbonyl (C=O) groups is 1. The lowest BCUT2D eigenvalue weighted by Gasteiger charge is -2.14. The first kappa shape index (κ1) is 20.1. The van der Waals surface area contributed by atoms with Crippen molar-refractivity contribution in [3.05, 3.63) is 98.1 Å². The summed E-state index contributed by atoms with van der Waals surface area (Å²) in [6, 6.07) is 8.63. The van der Waals surface area contributed by atoms with Gasteiger partial charge in [-0.15, -0.1) is 0 Å². The van der Waals surface area contributed by atoms with Crippen LogP contribution in [0.2, 0.25) is 0 Å². The summed E-state index contributed by atoms with van der Waals surface area (Å²) in [5.41, 5.74) is 1.51. The predicted octanol–water partition coefficient (Wildman–Crippen LogP) is 2.30. The van der Waals surface area contributed by atoms with Crippen molar-refractivity contribution in [3.63, 3.8) is 0 Å². The van der Waals surface area contributed by atoms with Crippen LogP contribution in [0.4, 0.5) is 17.6 Å². The van der Waals surface area contributed by atoms with Gasteiger partial charge in [-0.25, -0.2) is 13.8 Å². The van der Waals surface area contributed by atoms with E-state index in [9.17, 15) is 31.9 Å². The van der Waals surface area contributed by atoms with Crippen molar-refractivity contribution in [1.29, 1.82) is 0 Å². The van der Waals surface area contributed by atoms with Crippen molar-refractivity contribution in [3.8, 4) is 5.69 Å². The van der Waals surface area contributed by atoms with Gasteiger partial charge in [-0.3, -0.25) is 14.2 Å². The van der Waals surface area contributed by atoms with E-state index >= 15 is 0 Å². The van der Waals surface area contributed by atoms with Crippen molar-refractivity contribution >= 4 is 5.91 Å². The van der Waals surface area contributed by atoms with Crippen molar-refractivity contribution < 1.29 is 22.4 Å². The number of hydrogen-bond acceptors (Lipinski definition) is 3. The van der Waals surface area contributed by atoms with Crippen LogP contribution in [-0.2, 0) is 12.7 Å². The molecule has 2 aromatic carbocycles. The molecule has 2 N–H and O–H groups in total. The number of carbonyl (C=O) groups excluding carboxylic acids is 1. The summed E-state index contributed by atoms with van der Waals surface area (Å²) in [4.78, 5) is 37.0. The number of alkyl halides is 3. The molecule has 0 radical (unpaired) electrons. The zero-order valence-corrected chi connectivity index (χ0v) is 14.6. The highest BCUT2D eigenvalue weighted by atomic mass is 19.4. The number of hydrogen-bond donors (Lipinski definition) is 1. The number of halogens is 4. The van der Waals surface area contributed by atoms with Crippen LogP contribution in [0.25, 0.3) is 5.69 Å². The van der Waals surface area contributed by atoms with Crippen LogP contribution in [0.1, 0.15) is 21.5 Å². The molecule has 29 heavy (non-hydrogen) atoms. The third kappa shape index (κ3) is 4.10. The Labute approximate surface area is 160 Å². The molecule has 0 aliphatic heterocycles. The number of benzene rings is 2. The smallest absolute Gasteiger partial charge is 0.365 e. The lowest BCUT2D eigenvalue weighted by atomic mass is 10.2. The molecule has 6 nitrogen and oxygen atoms in total. The highest BCUT2D eigenvalue weighted by Gasteiger charge is 2.31. The Bertz CT molecular complexity index is 1200. The summed E-state index contributed by atoms with van der Waals surface area (Å²) in [5, 5.41) is 0. The van der Waals surface area contributed by atoms with E-state index in [0.29, 0.717) is 16.2 Å². The molecule has 0 saturated carbocycles. The third-order valence-electron chi connectivity index (χ3n) is 4.12. The van der Waals surface area contributed by atoms with Gasteiger partial charge in [0.15, 0.2) is 0 Å². The Morgan fingerprint density at radius 3 is 2.28 bits per heavy atom. The highest BCUT2D eigenvalue weighted by molar-refractivity contribution is 5.92. The predicted molar refractivity (Wildman–Crippen MR) is 95.3 cm³/mol. The normalized spacial score (nSPS) is 11.4. The lowest BCUT2D eigenvalue weighted by Crippen LogP contribution is -2.42. The van der Waals surface area contributed by atoms with E-state index in [1.54, 1.807) is 0 Å². The fourth-order valence-electron chi connectivity index (χ4n) is 2.72. The number of nitrogens with zero attached hydrogens (tertiary/aromatic N) is 2. The summed E-state index contributed by atoms with van der Waals surface area (Å²) < 4.78 is 53.5. The number of rotatable bonds is 4. The number of amides is 1. The fraction of sp³-hybridized carbons (Fsp3) is 0.105. The van der Waals surface area contributed by atoms with Gasteiger partial charge >= 0.3 is 11.9 Å². The van der Waals surface area contributed by atoms with E-state index < -0.39 is 40.3 Å². The van der Waals surface area contributed by atoms with E-state index in [4.69, 9.17) is 5.73 Å². The molecule has 0 atom stereocenters. The van der Waals surface area contributed by atoms with Gasteiger partial charge in [0, 0.05) is 6.20 Å². The molecular weight excluding hydrogens is 394 g/mol. The Hall–Kier alpha value is -3.69. The summed E-state index contributed by atoms with van der Waals surface area (Å²) >= 11 is 0. The van der Waals surface area contributed by atoms with E-state index in [-0.39, 0.29) is 12.2 Å². The molecular formula is C19H13F4N3O3. The monoisotopic (exact) mass is 407 g/mol. The number of aromatic nitrogens is 2. The van der Waals surface area contributed by atoms with Gasteiger partial charge in [0.2, 0.25) is 0 Å². The standard InChI is InChI=1S/C19H13F4N3O3/c20-13-6-4-11(5-7-13)9-25-10-15(16(24)27)17(28)26(18(25)29)14-3-1-2-12(8-14)19(21,22)23/h1-8,10H,9H2,(H2,24,27). The van der Waals surface area contributed by atoms with Gasteiger partial charge in [-0.1, -0.05) is 18.2 Å². The quantitative estimate of drug-likeness (QED) is 0.674. The van der Waals surface area contributed by atoms with Gasteiger partial charge in [0.1, 0.15) is 11.4 Å². The van der Waals surface area contributed by atoms with Crippen LogP contribution in [0.3, 0.4) is 0 Å². The molecule has 1 amide bonds. The summed E-state index contributed by atoms with van der Waals surface area (Å²) in [6.07, 6.45) is -3.77. The molecule has 0 bridgehead atoms. The topological polar surface area (TPSA) is 87.1 Å². The molecule has 0 aliphatic carbocycles. The van der Waals surface area contributed by atoms with Crippen molar-refractivity contribution in [2.75, 3.05) is 0 Å². The minimum atomic E-state index is -4.70. The SMILES string of the molecule is NC(=O)c1cn(Cc2ccc(F)cc2)c(=O)n(-c2cccc(C(F)(F)F)c2)c1=O. The van der Waals surface area contributed by atoms with Crippen LogP contribution < -0.4 is 17.0 Å². The second-order valence-electron chi connectivity index (χ2n) is 6.13. The lowest BCUT2D eigenvalue weighted by molar-refractivity contribution is -0.137. The minimum absolute atomic E-state index is 0.168. The molecule has 150 valence electrons. The molecule has 3 aromatic rings. The van der Waals surface area contributed by atoms with Crippen molar-refractivity contribution in [1.82, 2.24) is 9.13 Å². The fourth-order valence-corrected chi connectivity index (χ4v) is 2.72. The van der Waals surface area contributed by atoms with E-state index in [0.717, 1.165) is 41.1 Å². The Kier molecular flexibility index (Phi) is 5.10. The second-order valence-corrected chi connectivity index (χ2v) is 6.13. The van der Waals surface area contributed by atoms with Gasteiger partial charge in [0.05, 0.1) is 17.8 Å². The van der Waals surface area contributed by atoms with Crippen LogP contribution >= 0.6 is 0 Å². The second kappa shape index (κ2) is 7.38. The summed E-state index contributed by atoms with van der Waals surface area (Å²) in [5.74, 6) is -1.66. The molecule has 10 heteroatoms. The molecule has 1 aromatic heterocycles. The zero-order chi connectivity index (χ0) is 21.3. The Balaban J connectivity index is 2.23. The van der Waals surface area contributed by atoms with Gasteiger partial charge < -0.3 is 5.73 Å². The van der Waals surface area contributed by atoms with E-state index in [2.05, 4.69) is 0 Å². The summed E-state index contributed by atoms with van der Waals surface area (Å²) in [7, 11) is 0. The average molecular weight is 407 g/mol. The molecule has 0 aliphatic rings. The largest absolute Gasteiger partial charge is 0.416 e. The first-order chi connectivity index (χ1) is 13.6. The van der Waals surface area contributed by atoms with Crippen LogP contribution in [0, 0.1) is 5.82 Å². The highest BCUT2D eigenvalue weighted by Crippen LogP contribution is 2.29. The maximum Gasteiger partial charge on any atom is 0.416 e.